The molecule has 1 aliphatic heterocycles. The number of hydrogen-bond acceptors (Lipinski definition) is 2. The molecule has 0 unspecified atom stereocenters. The molecule has 6 heteroatoms. The average Bonchev–Trinajstić information content (AvgIpc) is 3.23. The standard InChI is InChI=1S/C17H16BrFN2O2/c1-23-13-5-4-12-15(16(13)19)11(17(18)20-12)7-14(22)21-8-9-2-3-10(21)6-9/h2-5,9-10,20H,6-8H2,1H3/t9-,10+/m0/s1. The fourth-order valence-corrected chi connectivity index (χ4v) is 4.18. The summed E-state index contributed by atoms with van der Waals surface area (Å²) in [6.45, 7) is 0.770. The van der Waals surface area contributed by atoms with E-state index in [4.69, 9.17) is 4.74 Å². The molecule has 0 radical (unpaired) electrons. The van der Waals surface area contributed by atoms with Crippen LogP contribution in [-0.2, 0) is 11.2 Å². The Morgan fingerprint density at radius 2 is 2.30 bits per heavy atom. The summed E-state index contributed by atoms with van der Waals surface area (Å²) in [6.07, 6.45) is 5.46. The Balaban J connectivity index is 1.70. The van der Waals surface area contributed by atoms with Crippen LogP contribution in [0.2, 0.25) is 0 Å². The lowest BCUT2D eigenvalue weighted by Gasteiger charge is -2.24. The van der Waals surface area contributed by atoms with Gasteiger partial charge in [-0.3, -0.25) is 4.79 Å². The molecule has 2 atom stereocenters. The molecule has 1 N–H and O–H groups in total. The highest BCUT2D eigenvalue weighted by Crippen LogP contribution is 2.36. The minimum Gasteiger partial charge on any atom is -0.494 e. The highest BCUT2D eigenvalue weighted by atomic mass is 79.9. The van der Waals surface area contributed by atoms with Crippen LogP contribution in [0.15, 0.2) is 28.9 Å². The minimum absolute atomic E-state index is 0.0330. The quantitative estimate of drug-likeness (QED) is 0.831. The number of aromatic amines is 1. The van der Waals surface area contributed by atoms with Crippen molar-refractivity contribution >= 4 is 32.7 Å². The van der Waals surface area contributed by atoms with E-state index >= 15 is 0 Å². The number of H-pyrrole nitrogens is 1. The molecule has 1 saturated heterocycles. The van der Waals surface area contributed by atoms with Gasteiger partial charge in [-0.1, -0.05) is 12.2 Å². The molecule has 1 aromatic carbocycles. The van der Waals surface area contributed by atoms with Gasteiger partial charge in [0.05, 0.1) is 24.2 Å². The average molecular weight is 379 g/mol. The van der Waals surface area contributed by atoms with Gasteiger partial charge in [-0.15, -0.1) is 0 Å². The summed E-state index contributed by atoms with van der Waals surface area (Å²) in [6, 6.07) is 3.54. The number of halogens is 2. The van der Waals surface area contributed by atoms with Gasteiger partial charge in [-0.2, -0.15) is 0 Å². The summed E-state index contributed by atoms with van der Waals surface area (Å²) in [5.74, 6) is 0.260. The molecular formula is C17H16BrFN2O2. The third-order valence-corrected chi connectivity index (χ3v) is 5.44. The first-order chi connectivity index (χ1) is 11.1. The van der Waals surface area contributed by atoms with Crippen molar-refractivity contribution in [1.82, 2.24) is 9.88 Å². The predicted molar refractivity (Wildman–Crippen MR) is 89.0 cm³/mol. The maximum Gasteiger partial charge on any atom is 0.227 e. The van der Waals surface area contributed by atoms with Gasteiger partial charge in [-0.25, -0.2) is 4.39 Å². The number of likely N-dealkylation sites (tertiary alicyclic amines) is 1. The minimum atomic E-state index is -0.433. The molecule has 2 bridgehead atoms. The Morgan fingerprint density at radius 3 is 2.96 bits per heavy atom. The Morgan fingerprint density at radius 1 is 1.48 bits per heavy atom. The summed E-state index contributed by atoms with van der Waals surface area (Å²) in [5.41, 5.74) is 1.30. The summed E-state index contributed by atoms with van der Waals surface area (Å²) in [4.78, 5) is 17.7. The fourth-order valence-electron chi connectivity index (χ4n) is 3.63. The summed E-state index contributed by atoms with van der Waals surface area (Å²) in [7, 11) is 1.43. The molecule has 120 valence electrons. The number of carbonyl (C=O) groups is 1. The van der Waals surface area contributed by atoms with Gasteiger partial charge in [0, 0.05) is 23.0 Å². The molecule has 2 heterocycles. The first-order valence-corrected chi connectivity index (χ1v) is 8.38. The molecular weight excluding hydrogens is 363 g/mol. The Labute approximate surface area is 141 Å². The van der Waals surface area contributed by atoms with E-state index in [1.807, 2.05) is 4.90 Å². The number of fused-ring (bicyclic) bond motifs is 3. The lowest BCUT2D eigenvalue weighted by atomic mass is 10.1. The van der Waals surface area contributed by atoms with Gasteiger partial charge in [0.2, 0.25) is 5.91 Å². The van der Waals surface area contributed by atoms with Crippen molar-refractivity contribution in [2.75, 3.05) is 13.7 Å². The van der Waals surface area contributed by atoms with E-state index in [2.05, 4.69) is 33.1 Å². The van der Waals surface area contributed by atoms with Crippen molar-refractivity contribution in [2.45, 2.75) is 18.9 Å². The SMILES string of the molecule is COc1ccc2[nH]c(Br)c(CC(=O)N3C[C@H]4C=C[C@@H]3C4)c2c1F. The topological polar surface area (TPSA) is 45.3 Å². The second-order valence-corrected chi connectivity index (χ2v) is 6.89. The normalized spacial score (nSPS) is 22.3. The van der Waals surface area contributed by atoms with E-state index in [0.29, 0.717) is 27.0 Å². The molecule has 0 saturated carbocycles. The highest BCUT2D eigenvalue weighted by Gasteiger charge is 2.36. The zero-order valence-electron chi connectivity index (χ0n) is 12.6. The van der Waals surface area contributed by atoms with Crippen molar-refractivity contribution in [1.29, 1.82) is 0 Å². The third kappa shape index (κ3) is 2.27. The van der Waals surface area contributed by atoms with Gasteiger partial charge < -0.3 is 14.6 Å². The largest absolute Gasteiger partial charge is 0.494 e. The second kappa shape index (κ2) is 5.37. The van der Waals surface area contributed by atoms with Crippen molar-refractivity contribution in [3.05, 3.63) is 40.3 Å². The maximum absolute atomic E-state index is 14.6. The number of amides is 1. The van der Waals surface area contributed by atoms with Crippen molar-refractivity contribution in [3.63, 3.8) is 0 Å². The number of ether oxygens (including phenoxy) is 1. The van der Waals surface area contributed by atoms with E-state index < -0.39 is 5.82 Å². The van der Waals surface area contributed by atoms with E-state index in [0.717, 1.165) is 13.0 Å². The summed E-state index contributed by atoms with van der Waals surface area (Å²) in [5, 5.41) is 0.421. The predicted octanol–water partition coefficient (Wildman–Crippen LogP) is 3.41. The second-order valence-electron chi connectivity index (χ2n) is 6.09. The number of rotatable bonds is 3. The summed E-state index contributed by atoms with van der Waals surface area (Å²) >= 11 is 3.42. The maximum atomic E-state index is 14.6. The first-order valence-electron chi connectivity index (χ1n) is 7.59. The van der Waals surface area contributed by atoms with Gasteiger partial charge >= 0.3 is 0 Å². The molecule has 2 aliphatic rings. The van der Waals surface area contributed by atoms with Crippen molar-refractivity contribution < 1.29 is 13.9 Å². The van der Waals surface area contributed by atoms with Crippen LogP contribution in [0, 0.1) is 11.7 Å². The van der Waals surface area contributed by atoms with Crippen LogP contribution >= 0.6 is 15.9 Å². The zero-order chi connectivity index (χ0) is 16.1. The van der Waals surface area contributed by atoms with E-state index in [1.54, 1.807) is 12.1 Å². The number of aromatic nitrogens is 1. The third-order valence-electron chi connectivity index (χ3n) is 4.77. The smallest absolute Gasteiger partial charge is 0.227 e. The number of nitrogens with one attached hydrogen (secondary N) is 1. The number of benzene rings is 1. The van der Waals surface area contributed by atoms with Crippen molar-refractivity contribution in [3.8, 4) is 5.75 Å². The molecule has 0 spiro atoms. The van der Waals surface area contributed by atoms with Gasteiger partial charge in [0.25, 0.3) is 0 Å². The van der Waals surface area contributed by atoms with Crippen LogP contribution in [-0.4, -0.2) is 35.5 Å². The van der Waals surface area contributed by atoms with Gasteiger partial charge in [-0.05, 0) is 40.4 Å². The lowest BCUT2D eigenvalue weighted by Crippen LogP contribution is -2.36. The summed E-state index contributed by atoms with van der Waals surface area (Å²) < 4.78 is 20.3. The van der Waals surface area contributed by atoms with Crippen LogP contribution in [0.4, 0.5) is 4.39 Å². The molecule has 4 nitrogen and oxygen atoms in total. The van der Waals surface area contributed by atoms with Gasteiger partial charge in [0.15, 0.2) is 11.6 Å². The van der Waals surface area contributed by atoms with Crippen LogP contribution in [0.1, 0.15) is 12.0 Å². The van der Waals surface area contributed by atoms with Gasteiger partial charge in [0.1, 0.15) is 0 Å². The molecule has 1 aliphatic carbocycles. The van der Waals surface area contributed by atoms with Crippen molar-refractivity contribution in [2.24, 2.45) is 5.92 Å². The van der Waals surface area contributed by atoms with E-state index in [9.17, 15) is 9.18 Å². The molecule has 23 heavy (non-hydrogen) atoms. The Hall–Kier alpha value is -1.82. The molecule has 4 rings (SSSR count). The fraction of sp³-hybridized carbons (Fsp3) is 0.353. The van der Waals surface area contributed by atoms with E-state index in [-0.39, 0.29) is 24.1 Å². The van der Waals surface area contributed by atoms with Crippen LogP contribution in [0.25, 0.3) is 10.9 Å². The van der Waals surface area contributed by atoms with Crippen LogP contribution in [0.5, 0.6) is 5.75 Å². The monoisotopic (exact) mass is 378 g/mol. The van der Waals surface area contributed by atoms with Crippen LogP contribution < -0.4 is 4.74 Å². The number of nitrogens with zero attached hydrogens (tertiary/aromatic N) is 1. The lowest BCUT2D eigenvalue weighted by molar-refractivity contribution is -0.130. The highest BCUT2D eigenvalue weighted by molar-refractivity contribution is 9.10. The van der Waals surface area contributed by atoms with Crippen LogP contribution in [0.3, 0.4) is 0 Å². The number of methoxy groups -OCH3 is 1. The molecule has 1 fully saturated rings. The molecule has 1 aromatic heterocycles. The Bertz CT molecular complexity index is 830. The Kier molecular flexibility index (Phi) is 3.44. The first kappa shape index (κ1) is 14.8. The number of hydrogen-bond donors (Lipinski definition) is 1. The zero-order valence-corrected chi connectivity index (χ0v) is 14.2. The molecule has 1 amide bonds. The van der Waals surface area contributed by atoms with E-state index in [1.165, 1.54) is 7.11 Å². The number of carbonyl (C=O) groups excluding carboxylic acids is 1. The molecule has 2 aromatic rings.